The summed E-state index contributed by atoms with van der Waals surface area (Å²) in [4.78, 5) is 10.0. The van der Waals surface area contributed by atoms with Gasteiger partial charge in [-0.2, -0.15) is 0 Å². The third-order valence-electron chi connectivity index (χ3n) is 3.33. The van der Waals surface area contributed by atoms with Gasteiger partial charge in [0.2, 0.25) is 0 Å². The van der Waals surface area contributed by atoms with Gasteiger partial charge in [0.1, 0.15) is 0 Å². The SMILES string of the molecule is O=[N+]([O-])c1ccc(F)c(F)c1NCCOC1CCCC1. The molecule has 7 heteroatoms. The van der Waals surface area contributed by atoms with E-state index >= 15 is 0 Å². The van der Waals surface area contributed by atoms with Crippen LogP contribution in [0, 0.1) is 21.7 Å². The fourth-order valence-electron chi connectivity index (χ4n) is 2.32. The first-order chi connectivity index (χ1) is 9.59. The van der Waals surface area contributed by atoms with Gasteiger partial charge in [0, 0.05) is 12.6 Å². The molecule has 0 unspecified atom stereocenters. The summed E-state index contributed by atoms with van der Waals surface area (Å²) in [7, 11) is 0. The lowest BCUT2D eigenvalue weighted by Crippen LogP contribution is -2.16. The van der Waals surface area contributed by atoms with Gasteiger partial charge in [0.05, 0.1) is 17.6 Å². The van der Waals surface area contributed by atoms with Gasteiger partial charge in [-0.05, 0) is 18.9 Å². The Bertz CT molecular complexity index is 491. The Balaban J connectivity index is 1.93. The van der Waals surface area contributed by atoms with Crippen molar-refractivity contribution in [1.29, 1.82) is 0 Å². The highest BCUT2D eigenvalue weighted by Gasteiger charge is 2.21. The van der Waals surface area contributed by atoms with Crippen molar-refractivity contribution in [2.75, 3.05) is 18.5 Å². The zero-order chi connectivity index (χ0) is 14.5. The van der Waals surface area contributed by atoms with E-state index in [9.17, 15) is 18.9 Å². The number of ether oxygens (including phenoxy) is 1. The van der Waals surface area contributed by atoms with Crippen LogP contribution in [0.3, 0.4) is 0 Å². The zero-order valence-electron chi connectivity index (χ0n) is 10.9. The van der Waals surface area contributed by atoms with Crippen LogP contribution in [-0.2, 0) is 4.74 Å². The second-order valence-electron chi connectivity index (χ2n) is 4.72. The molecule has 0 amide bonds. The molecule has 110 valence electrons. The molecule has 0 radical (unpaired) electrons. The van der Waals surface area contributed by atoms with E-state index in [1.807, 2.05) is 0 Å². The predicted octanol–water partition coefficient (Wildman–Crippen LogP) is 3.24. The molecule has 2 rings (SSSR count). The van der Waals surface area contributed by atoms with Crippen LogP contribution in [0.4, 0.5) is 20.2 Å². The van der Waals surface area contributed by atoms with Crippen LogP contribution in [0.2, 0.25) is 0 Å². The molecule has 5 nitrogen and oxygen atoms in total. The highest BCUT2D eigenvalue weighted by atomic mass is 19.2. The number of hydrogen-bond donors (Lipinski definition) is 1. The van der Waals surface area contributed by atoms with Crippen LogP contribution in [0.15, 0.2) is 12.1 Å². The average molecular weight is 286 g/mol. The summed E-state index contributed by atoms with van der Waals surface area (Å²) in [5.74, 6) is -2.35. The summed E-state index contributed by atoms with van der Waals surface area (Å²) in [6.45, 7) is 0.496. The van der Waals surface area contributed by atoms with Crippen molar-refractivity contribution in [2.45, 2.75) is 31.8 Å². The second kappa shape index (κ2) is 6.60. The molecule has 0 saturated heterocycles. The molecule has 0 bridgehead atoms. The molecule has 1 fully saturated rings. The third-order valence-corrected chi connectivity index (χ3v) is 3.33. The lowest BCUT2D eigenvalue weighted by atomic mass is 10.2. The zero-order valence-corrected chi connectivity index (χ0v) is 10.9. The topological polar surface area (TPSA) is 64.4 Å². The fraction of sp³-hybridized carbons (Fsp3) is 0.538. The van der Waals surface area contributed by atoms with Crippen molar-refractivity contribution in [3.63, 3.8) is 0 Å². The smallest absolute Gasteiger partial charge is 0.295 e. The van der Waals surface area contributed by atoms with Crippen LogP contribution in [0.1, 0.15) is 25.7 Å². The van der Waals surface area contributed by atoms with Crippen LogP contribution in [0.5, 0.6) is 0 Å². The maximum absolute atomic E-state index is 13.6. The average Bonchev–Trinajstić information content (AvgIpc) is 2.92. The van der Waals surface area contributed by atoms with E-state index in [0.717, 1.165) is 37.8 Å². The third kappa shape index (κ3) is 3.41. The molecule has 1 aromatic rings. The van der Waals surface area contributed by atoms with E-state index in [1.54, 1.807) is 0 Å². The normalized spacial score (nSPS) is 15.5. The quantitative estimate of drug-likeness (QED) is 0.495. The Morgan fingerprint density at radius 3 is 2.70 bits per heavy atom. The molecular formula is C13H16F2N2O3. The molecule has 0 aliphatic heterocycles. The summed E-state index contributed by atoms with van der Waals surface area (Å²) in [6, 6.07) is 1.69. The number of nitrogens with zero attached hydrogens (tertiary/aromatic N) is 1. The molecule has 1 N–H and O–H groups in total. The van der Waals surface area contributed by atoms with E-state index in [-0.39, 0.29) is 12.6 Å². The molecule has 20 heavy (non-hydrogen) atoms. The number of rotatable bonds is 6. The molecule has 0 heterocycles. The minimum atomic E-state index is -1.24. The number of nitrogens with one attached hydrogen (secondary N) is 1. The van der Waals surface area contributed by atoms with Crippen molar-refractivity contribution in [3.8, 4) is 0 Å². The summed E-state index contributed by atoms with van der Waals surface area (Å²) in [6.07, 6.45) is 4.51. The van der Waals surface area contributed by atoms with Crippen LogP contribution < -0.4 is 5.32 Å². The first-order valence-electron chi connectivity index (χ1n) is 6.57. The van der Waals surface area contributed by atoms with Gasteiger partial charge in [-0.15, -0.1) is 0 Å². The summed E-state index contributed by atoms with van der Waals surface area (Å²) >= 11 is 0. The second-order valence-corrected chi connectivity index (χ2v) is 4.72. The number of nitro benzene ring substituents is 1. The molecule has 1 aliphatic rings. The van der Waals surface area contributed by atoms with Crippen molar-refractivity contribution < 1.29 is 18.4 Å². The Labute approximate surface area is 115 Å². The van der Waals surface area contributed by atoms with Gasteiger partial charge in [-0.3, -0.25) is 10.1 Å². The molecule has 1 saturated carbocycles. The van der Waals surface area contributed by atoms with E-state index in [1.165, 1.54) is 0 Å². The molecule has 0 aromatic heterocycles. The lowest BCUT2D eigenvalue weighted by Gasteiger charge is -2.12. The van der Waals surface area contributed by atoms with Crippen molar-refractivity contribution in [1.82, 2.24) is 0 Å². The molecule has 0 atom stereocenters. The van der Waals surface area contributed by atoms with Gasteiger partial charge in [-0.1, -0.05) is 12.8 Å². The Morgan fingerprint density at radius 2 is 2.05 bits per heavy atom. The predicted molar refractivity (Wildman–Crippen MR) is 69.7 cm³/mol. The first kappa shape index (κ1) is 14.6. The Morgan fingerprint density at radius 1 is 1.35 bits per heavy atom. The summed E-state index contributed by atoms with van der Waals surface area (Å²) in [5, 5.41) is 13.3. The Kier molecular flexibility index (Phi) is 4.84. The van der Waals surface area contributed by atoms with Gasteiger partial charge in [0.15, 0.2) is 17.3 Å². The maximum Gasteiger partial charge on any atom is 0.295 e. The molecule has 1 aromatic carbocycles. The van der Waals surface area contributed by atoms with Gasteiger partial charge >= 0.3 is 0 Å². The lowest BCUT2D eigenvalue weighted by molar-refractivity contribution is -0.384. The van der Waals surface area contributed by atoms with E-state index in [0.29, 0.717) is 6.61 Å². The number of hydrogen-bond acceptors (Lipinski definition) is 4. The van der Waals surface area contributed by atoms with E-state index in [2.05, 4.69) is 5.32 Å². The van der Waals surface area contributed by atoms with Crippen molar-refractivity contribution >= 4 is 11.4 Å². The maximum atomic E-state index is 13.6. The largest absolute Gasteiger partial charge is 0.376 e. The molecule has 0 spiro atoms. The van der Waals surface area contributed by atoms with Crippen LogP contribution in [-0.4, -0.2) is 24.2 Å². The van der Waals surface area contributed by atoms with Crippen LogP contribution >= 0.6 is 0 Å². The number of benzene rings is 1. The standard InChI is InChI=1S/C13H16F2N2O3/c14-10-5-6-11(17(18)19)13(12(10)15)16-7-8-20-9-3-1-2-4-9/h5-6,9,16H,1-4,7-8H2. The van der Waals surface area contributed by atoms with E-state index < -0.39 is 27.9 Å². The minimum Gasteiger partial charge on any atom is -0.376 e. The highest BCUT2D eigenvalue weighted by Crippen LogP contribution is 2.29. The molecule has 1 aliphatic carbocycles. The minimum absolute atomic E-state index is 0.192. The van der Waals surface area contributed by atoms with Gasteiger partial charge < -0.3 is 10.1 Å². The highest BCUT2D eigenvalue weighted by molar-refractivity contribution is 5.62. The summed E-state index contributed by atoms with van der Waals surface area (Å²) < 4.78 is 32.2. The Hall–Kier alpha value is -1.76. The van der Waals surface area contributed by atoms with Gasteiger partial charge in [-0.25, -0.2) is 8.78 Å². The van der Waals surface area contributed by atoms with Crippen molar-refractivity contribution in [3.05, 3.63) is 33.9 Å². The summed E-state index contributed by atoms with van der Waals surface area (Å²) in [5.41, 5.74) is -0.908. The molecular weight excluding hydrogens is 270 g/mol. The van der Waals surface area contributed by atoms with Crippen molar-refractivity contribution in [2.24, 2.45) is 0 Å². The van der Waals surface area contributed by atoms with Crippen LogP contribution in [0.25, 0.3) is 0 Å². The van der Waals surface area contributed by atoms with E-state index in [4.69, 9.17) is 4.74 Å². The van der Waals surface area contributed by atoms with Gasteiger partial charge in [0.25, 0.3) is 5.69 Å². The number of nitro groups is 1. The number of anilines is 1. The number of halogens is 2. The monoisotopic (exact) mass is 286 g/mol. The fourth-order valence-corrected chi connectivity index (χ4v) is 2.32. The first-order valence-corrected chi connectivity index (χ1v) is 6.57.